The molecular weight excluding hydrogens is 352 g/mol. The monoisotopic (exact) mass is 360 g/mol. The van der Waals surface area contributed by atoms with E-state index in [0.717, 1.165) is 0 Å². The van der Waals surface area contributed by atoms with E-state index in [4.69, 9.17) is 16.3 Å². The number of halogens is 1. The molecular formula is C15H9ClN4O5. The lowest BCUT2D eigenvalue weighted by atomic mass is 9.86. The highest BCUT2D eigenvalue weighted by Gasteiger charge is 2.35. The van der Waals surface area contributed by atoms with Crippen LogP contribution in [0.1, 0.15) is 22.6 Å². The maximum absolute atomic E-state index is 12.4. The largest absolute Gasteiger partial charge is 0.423 e. The van der Waals surface area contributed by atoms with Gasteiger partial charge in [-0.3, -0.25) is 29.5 Å². The molecule has 2 aromatic heterocycles. The first-order valence-corrected chi connectivity index (χ1v) is 7.48. The van der Waals surface area contributed by atoms with Gasteiger partial charge in [0, 0.05) is 5.02 Å². The summed E-state index contributed by atoms with van der Waals surface area (Å²) in [4.78, 5) is 56.8. The summed E-state index contributed by atoms with van der Waals surface area (Å²) in [5.74, 6) is -1.14. The first-order valence-electron chi connectivity index (χ1n) is 7.10. The fraction of sp³-hybridized carbons (Fsp3) is 0.0667. The topological polar surface area (TPSA) is 141 Å². The van der Waals surface area contributed by atoms with Gasteiger partial charge in [-0.15, -0.1) is 0 Å². The number of hydrogen-bond acceptors (Lipinski definition) is 5. The maximum atomic E-state index is 12.4. The van der Waals surface area contributed by atoms with E-state index in [0.29, 0.717) is 10.6 Å². The van der Waals surface area contributed by atoms with Crippen LogP contribution in [0.5, 0.6) is 11.8 Å². The highest BCUT2D eigenvalue weighted by molar-refractivity contribution is 6.30. The van der Waals surface area contributed by atoms with Crippen molar-refractivity contribution in [1.29, 1.82) is 0 Å². The molecule has 9 nitrogen and oxygen atoms in total. The Bertz CT molecular complexity index is 1150. The molecule has 4 rings (SSSR count). The van der Waals surface area contributed by atoms with Crippen LogP contribution in [0.2, 0.25) is 5.02 Å². The smallest absolute Gasteiger partial charge is 0.328 e. The Balaban J connectivity index is 2.11. The molecule has 0 saturated carbocycles. The molecule has 0 bridgehead atoms. The highest BCUT2D eigenvalue weighted by atomic mass is 35.5. The number of aromatic nitrogens is 4. The van der Waals surface area contributed by atoms with E-state index in [9.17, 15) is 19.2 Å². The quantitative estimate of drug-likeness (QED) is 0.388. The third-order valence-electron chi connectivity index (χ3n) is 3.87. The van der Waals surface area contributed by atoms with Crippen LogP contribution in [0.4, 0.5) is 0 Å². The van der Waals surface area contributed by atoms with Crippen molar-refractivity contribution in [3.05, 3.63) is 87.7 Å². The minimum absolute atomic E-state index is 0.0481. The van der Waals surface area contributed by atoms with Crippen LogP contribution >= 0.6 is 11.6 Å². The van der Waals surface area contributed by atoms with Crippen LogP contribution in [-0.4, -0.2) is 19.9 Å². The molecule has 1 aliphatic rings. The summed E-state index contributed by atoms with van der Waals surface area (Å²) in [6.07, 6.45) is 0. The molecule has 4 N–H and O–H groups in total. The average Bonchev–Trinajstić information content (AvgIpc) is 2.53. The fourth-order valence-electron chi connectivity index (χ4n) is 2.87. The third-order valence-corrected chi connectivity index (χ3v) is 4.12. The Morgan fingerprint density at radius 2 is 1.24 bits per heavy atom. The number of nitrogens with one attached hydrogen (secondary N) is 4. The van der Waals surface area contributed by atoms with Crippen molar-refractivity contribution in [3.8, 4) is 11.8 Å². The minimum atomic E-state index is -0.864. The zero-order valence-electron chi connectivity index (χ0n) is 12.3. The zero-order chi connectivity index (χ0) is 17.7. The van der Waals surface area contributed by atoms with Crippen LogP contribution in [0.3, 0.4) is 0 Å². The number of ether oxygens (including phenoxy) is 1. The average molecular weight is 361 g/mol. The summed E-state index contributed by atoms with van der Waals surface area (Å²) in [5, 5.41) is 0.474. The van der Waals surface area contributed by atoms with E-state index < -0.39 is 28.4 Å². The van der Waals surface area contributed by atoms with Gasteiger partial charge in [-0.1, -0.05) is 23.7 Å². The molecule has 1 aliphatic heterocycles. The van der Waals surface area contributed by atoms with Gasteiger partial charge in [0.2, 0.25) is 11.8 Å². The van der Waals surface area contributed by atoms with Gasteiger partial charge >= 0.3 is 11.4 Å². The van der Waals surface area contributed by atoms with Crippen LogP contribution in [0, 0.1) is 0 Å². The Labute approximate surface area is 142 Å². The number of benzene rings is 1. The molecule has 10 heteroatoms. The van der Waals surface area contributed by atoms with Crippen LogP contribution in [-0.2, 0) is 0 Å². The van der Waals surface area contributed by atoms with Crippen molar-refractivity contribution in [2.75, 3.05) is 0 Å². The third kappa shape index (κ3) is 2.41. The molecule has 0 radical (unpaired) electrons. The lowest BCUT2D eigenvalue weighted by Gasteiger charge is -2.25. The van der Waals surface area contributed by atoms with Crippen LogP contribution in [0.25, 0.3) is 0 Å². The van der Waals surface area contributed by atoms with E-state index in [2.05, 4.69) is 19.9 Å². The Morgan fingerprint density at radius 1 is 0.760 bits per heavy atom. The van der Waals surface area contributed by atoms with Gasteiger partial charge in [0.05, 0.1) is 17.0 Å². The van der Waals surface area contributed by atoms with E-state index >= 15 is 0 Å². The molecule has 126 valence electrons. The lowest BCUT2D eigenvalue weighted by Crippen LogP contribution is -2.36. The molecule has 0 unspecified atom stereocenters. The van der Waals surface area contributed by atoms with Gasteiger partial charge in [0.25, 0.3) is 11.1 Å². The van der Waals surface area contributed by atoms with E-state index in [-0.39, 0.29) is 22.9 Å². The molecule has 0 fully saturated rings. The molecule has 1 aromatic carbocycles. The predicted octanol–water partition coefficient (Wildman–Crippen LogP) is 0.379. The second kappa shape index (κ2) is 5.35. The lowest BCUT2D eigenvalue weighted by molar-refractivity contribution is 0.405. The van der Waals surface area contributed by atoms with Gasteiger partial charge in [-0.25, -0.2) is 9.59 Å². The van der Waals surface area contributed by atoms with Crippen LogP contribution < -0.4 is 27.2 Å². The van der Waals surface area contributed by atoms with Gasteiger partial charge in [0.15, 0.2) is 0 Å². The number of fused-ring (bicyclic) bond motifs is 2. The molecule has 0 saturated heterocycles. The first kappa shape index (κ1) is 15.2. The number of H-pyrrole nitrogens is 4. The Morgan fingerprint density at radius 3 is 1.72 bits per heavy atom. The van der Waals surface area contributed by atoms with Gasteiger partial charge in [0.1, 0.15) is 0 Å². The van der Waals surface area contributed by atoms with E-state index in [1.165, 1.54) is 0 Å². The van der Waals surface area contributed by atoms with E-state index in [1.54, 1.807) is 24.3 Å². The van der Waals surface area contributed by atoms with Crippen molar-refractivity contribution in [1.82, 2.24) is 19.9 Å². The summed E-state index contributed by atoms with van der Waals surface area (Å²) in [6.45, 7) is 0. The molecule has 3 aromatic rings. The summed E-state index contributed by atoms with van der Waals surface area (Å²) in [7, 11) is 0. The summed E-state index contributed by atoms with van der Waals surface area (Å²) >= 11 is 5.90. The summed E-state index contributed by atoms with van der Waals surface area (Å²) < 4.78 is 5.40. The second-order valence-electron chi connectivity index (χ2n) is 5.39. The standard InChI is InChI=1S/C15H9ClN4O5/c16-6-3-1-5(2-4-6)7-8-10(21)17-14(23)19-12(8)25-13-9(7)11(22)18-15(24)20-13/h1-4,7H,(H2,17,19,21,23)(H2,18,20,22,24). The van der Waals surface area contributed by atoms with Gasteiger partial charge in [-0.2, -0.15) is 0 Å². The second-order valence-corrected chi connectivity index (χ2v) is 5.83. The van der Waals surface area contributed by atoms with Crippen molar-refractivity contribution in [2.24, 2.45) is 0 Å². The normalized spacial score (nSPS) is 13.0. The molecule has 0 spiro atoms. The molecule has 0 amide bonds. The van der Waals surface area contributed by atoms with Crippen molar-refractivity contribution in [2.45, 2.75) is 5.92 Å². The zero-order valence-corrected chi connectivity index (χ0v) is 13.1. The van der Waals surface area contributed by atoms with Gasteiger partial charge < -0.3 is 4.74 Å². The minimum Gasteiger partial charge on any atom is -0.423 e. The molecule has 0 aliphatic carbocycles. The number of aromatic amines is 4. The molecule has 25 heavy (non-hydrogen) atoms. The molecule has 0 atom stereocenters. The van der Waals surface area contributed by atoms with Crippen molar-refractivity contribution in [3.63, 3.8) is 0 Å². The summed E-state index contributed by atoms with van der Waals surface area (Å²) in [5.41, 5.74) is -2.28. The number of hydrogen-bond donors (Lipinski definition) is 4. The maximum Gasteiger partial charge on any atom is 0.328 e. The van der Waals surface area contributed by atoms with Crippen molar-refractivity contribution < 1.29 is 4.74 Å². The predicted molar refractivity (Wildman–Crippen MR) is 87.8 cm³/mol. The van der Waals surface area contributed by atoms with Crippen LogP contribution in [0.15, 0.2) is 43.4 Å². The Kier molecular flexibility index (Phi) is 3.25. The number of rotatable bonds is 1. The fourth-order valence-corrected chi connectivity index (χ4v) is 3.00. The highest BCUT2D eigenvalue weighted by Crippen LogP contribution is 2.41. The summed E-state index contributed by atoms with van der Waals surface area (Å²) in [6, 6.07) is 6.48. The van der Waals surface area contributed by atoms with Crippen molar-refractivity contribution >= 4 is 11.6 Å². The first-order chi connectivity index (χ1) is 11.9. The Hall–Kier alpha value is -3.33. The molecule has 3 heterocycles. The van der Waals surface area contributed by atoms with E-state index in [1.807, 2.05) is 0 Å². The SMILES string of the molecule is O=c1[nH]c2c(c(=O)[nH]1)C(c1ccc(Cl)cc1)c1c([nH]c(=O)[nH]c1=O)O2. The van der Waals surface area contributed by atoms with Gasteiger partial charge in [-0.05, 0) is 17.7 Å².